The molecule has 11 heteroatoms. The van der Waals surface area contributed by atoms with E-state index in [2.05, 4.69) is 32.2 Å². The highest BCUT2D eigenvalue weighted by molar-refractivity contribution is 5.92. The number of rotatable bonds is 4. The lowest BCUT2D eigenvalue weighted by molar-refractivity contribution is -0.137. The number of nitrogens with two attached hydrogens (primary N) is 1. The molecule has 0 spiro atoms. The molecule has 0 unspecified atom stereocenters. The summed E-state index contributed by atoms with van der Waals surface area (Å²) in [4.78, 5) is 21.5. The molecule has 176 valence electrons. The van der Waals surface area contributed by atoms with Gasteiger partial charge in [0.05, 0.1) is 17.0 Å². The zero-order chi connectivity index (χ0) is 23.9. The number of hydrogen-bond donors (Lipinski definition) is 2. The van der Waals surface area contributed by atoms with Gasteiger partial charge in [0.1, 0.15) is 5.82 Å². The molecule has 0 aliphatic carbocycles. The number of nitrogens with one attached hydrogen (secondary N) is 1. The summed E-state index contributed by atoms with van der Waals surface area (Å²) < 4.78 is 40.9. The summed E-state index contributed by atoms with van der Waals surface area (Å²) in [6, 6.07) is 4.72. The van der Waals surface area contributed by atoms with Crippen molar-refractivity contribution in [2.45, 2.75) is 19.1 Å². The number of fused-ring (bicyclic) bond motifs is 1. The third-order valence-electron chi connectivity index (χ3n) is 5.90. The van der Waals surface area contributed by atoms with E-state index in [0.29, 0.717) is 22.2 Å². The topological polar surface area (TPSA) is 92.3 Å². The average molecular weight is 461 g/mol. The Morgan fingerprint density at radius 2 is 1.76 bits per heavy atom. The number of likely N-dealkylation sites (N-methyl/N-ethyl adjacent to an activating group) is 1. The Morgan fingerprint density at radius 1 is 1.06 bits per heavy atom. The number of alkyl halides is 3. The van der Waals surface area contributed by atoms with Crippen molar-refractivity contribution in [2.24, 2.45) is 7.05 Å². The maximum absolute atomic E-state index is 13.2. The third kappa shape index (κ3) is 4.72. The first kappa shape index (κ1) is 22.8. The Morgan fingerprint density at radius 3 is 2.42 bits per heavy atom. The van der Waals surface area contributed by atoms with E-state index >= 15 is 0 Å². The maximum atomic E-state index is 13.2. The quantitative estimate of drug-likeness (QED) is 0.578. The smallest absolute Gasteiger partial charge is 0.399 e. The third-order valence-corrected chi connectivity index (χ3v) is 5.90. The number of nitrogen functional groups attached to an aromatic ring is 1. The fraction of sp³-hybridized carbons (Fsp3) is 0.409. The van der Waals surface area contributed by atoms with E-state index in [-0.39, 0.29) is 11.2 Å². The molecule has 3 heterocycles. The number of pyridine rings is 1. The van der Waals surface area contributed by atoms with Crippen LogP contribution in [0.15, 0.2) is 35.3 Å². The molecule has 33 heavy (non-hydrogen) atoms. The van der Waals surface area contributed by atoms with Gasteiger partial charge in [0.15, 0.2) is 5.82 Å². The number of piperazine rings is 1. The second-order valence-corrected chi connectivity index (χ2v) is 8.41. The normalized spacial score (nSPS) is 16.2. The molecule has 4 rings (SSSR count). The zero-order valence-corrected chi connectivity index (χ0v) is 18.6. The van der Waals surface area contributed by atoms with E-state index in [4.69, 9.17) is 5.73 Å². The van der Waals surface area contributed by atoms with Gasteiger partial charge < -0.3 is 20.9 Å². The Balaban J connectivity index is 1.72. The Labute approximate surface area is 188 Å². The van der Waals surface area contributed by atoms with Crippen LogP contribution in [0.1, 0.15) is 24.1 Å². The molecule has 1 aliphatic rings. The van der Waals surface area contributed by atoms with Gasteiger partial charge in [-0.2, -0.15) is 18.3 Å². The van der Waals surface area contributed by atoms with Crippen molar-refractivity contribution in [1.29, 1.82) is 0 Å². The van der Waals surface area contributed by atoms with Crippen molar-refractivity contribution in [3.05, 3.63) is 51.9 Å². The van der Waals surface area contributed by atoms with Gasteiger partial charge in [-0.3, -0.25) is 4.79 Å². The highest BCUT2D eigenvalue weighted by Crippen LogP contribution is 2.34. The van der Waals surface area contributed by atoms with Gasteiger partial charge in [-0.05, 0) is 43.8 Å². The number of halogens is 3. The molecule has 0 bridgehead atoms. The van der Waals surface area contributed by atoms with Crippen LogP contribution in [0.3, 0.4) is 0 Å². The lowest BCUT2D eigenvalue weighted by atomic mass is 10.0. The van der Waals surface area contributed by atoms with Crippen LogP contribution in [0.2, 0.25) is 0 Å². The van der Waals surface area contributed by atoms with Gasteiger partial charge in [-0.25, -0.2) is 9.67 Å². The molecule has 1 saturated heterocycles. The van der Waals surface area contributed by atoms with Crippen molar-refractivity contribution in [2.75, 3.05) is 49.2 Å². The summed E-state index contributed by atoms with van der Waals surface area (Å²) in [5.74, 6) is 1.11. The predicted octanol–water partition coefficient (Wildman–Crippen LogP) is 2.85. The summed E-state index contributed by atoms with van der Waals surface area (Å²) in [5, 5.41) is 8.45. The summed E-state index contributed by atoms with van der Waals surface area (Å²) in [6.45, 7) is 5.11. The number of benzene rings is 1. The Hall–Kier alpha value is -3.34. The molecular formula is C22H26F3N7O. The molecule has 0 amide bonds. The first-order valence-corrected chi connectivity index (χ1v) is 10.6. The van der Waals surface area contributed by atoms with E-state index < -0.39 is 17.8 Å². The van der Waals surface area contributed by atoms with Gasteiger partial charge in [0, 0.05) is 50.5 Å². The molecule has 0 radical (unpaired) electrons. The van der Waals surface area contributed by atoms with Crippen LogP contribution in [0.25, 0.3) is 10.8 Å². The molecular weight excluding hydrogens is 435 g/mol. The first-order valence-electron chi connectivity index (χ1n) is 10.6. The van der Waals surface area contributed by atoms with Crippen LogP contribution in [-0.2, 0) is 13.2 Å². The Kier molecular flexibility index (Phi) is 5.91. The van der Waals surface area contributed by atoms with Gasteiger partial charge >= 0.3 is 6.18 Å². The van der Waals surface area contributed by atoms with Crippen molar-refractivity contribution < 1.29 is 13.2 Å². The number of anilines is 3. The Bertz CT molecular complexity index is 1230. The van der Waals surface area contributed by atoms with Crippen LogP contribution in [-0.4, -0.2) is 52.9 Å². The van der Waals surface area contributed by atoms with E-state index in [9.17, 15) is 18.0 Å². The summed E-state index contributed by atoms with van der Waals surface area (Å²) in [7, 11) is 3.58. The first-order chi connectivity index (χ1) is 15.5. The minimum absolute atomic E-state index is 0.0216. The van der Waals surface area contributed by atoms with Crippen LogP contribution in [0, 0.1) is 0 Å². The number of aromatic nitrogens is 3. The lowest BCUT2D eigenvalue weighted by Crippen LogP contribution is -2.44. The maximum Gasteiger partial charge on any atom is 0.416 e. The van der Waals surface area contributed by atoms with Crippen LogP contribution >= 0.6 is 0 Å². The predicted molar refractivity (Wildman–Crippen MR) is 122 cm³/mol. The minimum Gasteiger partial charge on any atom is -0.399 e. The van der Waals surface area contributed by atoms with Crippen LogP contribution in [0.4, 0.5) is 30.5 Å². The molecule has 1 aromatic carbocycles. The van der Waals surface area contributed by atoms with Gasteiger partial charge in [0.2, 0.25) is 0 Å². The van der Waals surface area contributed by atoms with E-state index in [1.807, 2.05) is 6.07 Å². The van der Waals surface area contributed by atoms with Crippen LogP contribution in [0.5, 0.6) is 0 Å². The summed E-state index contributed by atoms with van der Waals surface area (Å²) in [6.07, 6.45) is -2.97. The molecule has 8 nitrogen and oxygen atoms in total. The highest BCUT2D eigenvalue weighted by atomic mass is 19.4. The second-order valence-electron chi connectivity index (χ2n) is 8.41. The molecule has 3 N–H and O–H groups in total. The molecule has 3 aromatic rings. The number of nitrogens with zero attached hydrogens (tertiary/aromatic N) is 5. The summed E-state index contributed by atoms with van der Waals surface area (Å²) >= 11 is 0. The molecule has 1 fully saturated rings. The number of hydrogen-bond acceptors (Lipinski definition) is 7. The minimum atomic E-state index is -4.51. The van der Waals surface area contributed by atoms with E-state index in [1.165, 1.54) is 24.0 Å². The van der Waals surface area contributed by atoms with Gasteiger partial charge in [-0.15, -0.1) is 0 Å². The molecule has 1 atom stereocenters. The fourth-order valence-electron chi connectivity index (χ4n) is 3.93. The molecule has 1 aliphatic heterocycles. The highest BCUT2D eigenvalue weighted by Gasteiger charge is 2.31. The van der Waals surface area contributed by atoms with Crippen molar-refractivity contribution in [3.8, 4) is 0 Å². The lowest BCUT2D eigenvalue weighted by Gasteiger charge is -2.33. The standard InChI is InChI=1S/C22H26F3N7O/c1-13(14-8-15(22(23,24)25)10-16(26)9-14)28-20-17-11-19(32-6-4-30(2)5-7-32)27-12-18(17)21(33)31(3)29-20/h8-13H,4-7,26H2,1-3H3,(H,28,29)/t13-/m1/s1. The zero-order valence-electron chi connectivity index (χ0n) is 18.6. The van der Waals surface area contributed by atoms with E-state index in [1.54, 1.807) is 6.92 Å². The van der Waals surface area contributed by atoms with Gasteiger partial charge in [-0.1, -0.05) is 0 Å². The fourth-order valence-corrected chi connectivity index (χ4v) is 3.93. The van der Waals surface area contributed by atoms with E-state index in [0.717, 1.165) is 44.1 Å². The van der Waals surface area contributed by atoms with Crippen molar-refractivity contribution in [1.82, 2.24) is 19.7 Å². The monoisotopic (exact) mass is 461 g/mol. The van der Waals surface area contributed by atoms with Crippen molar-refractivity contribution >= 4 is 28.1 Å². The van der Waals surface area contributed by atoms with Gasteiger partial charge in [0.25, 0.3) is 5.56 Å². The molecule has 0 saturated carbocycles. The average Bonchev–Trinajstić information content (AvgIpc) is 2.76. The SMILES string of the molecule is C[C@@H](Nc1nn(C)c(=O)c2cnc(N3CCN(C)CC3)cc12)c1cc(N)cc(C(F)(F)F)c1. The second kappa shape index (κ2) is 8.54. The largest absolute Gasteiger partial charge is 0.416 e. The molecule has 2 aromatic heterocycles. The van der Waals surface area contributed by atoms with Crippen molar-refractivity contribution in [3.63, 3.8) is 0 Å². The summed E-state index contributed by atoms with van der Waals surface area (Å²) in [5.41, 5.74) is 4.99. The number of aryl methyl sites for hydroxylation is 1. The van der Waals surface area contributed by atoms with Crippen LogP contribution < -0.4 is 21.5 Å².